The molecule has 0 spiro atoms. The van der Waals surface area contributed by atoms with E-state index in [2.05, 4.69) is 38.5 Å². The van der Waals surface area contributed by atoms with E-state index in [4.69, 9.17) is 24.2 Å². The fourth-order valence-electron chi connectivity index (χ4n) is 4.89. The van der Waals surface area contributed by atoms with Crippen molar-refractivity contribution in [1.29, 1.82) is 0 Å². The third-order valence-corrected chi connectivity index (χ3v) is 6.46. The van der Waals surface area contributed by atoms with Crippen molar-refractivity contribution in [3.8, 4) is 11.6 Å². The monoisotopic (exact) mass is 475 g/mol. The molecule has 0 bridgehead atoms. The van der Waals surface area contributed by atoms with Gasteiger partial charge in [-0.2, -0.15) is 4.52 Å². The van der Waals surface area contributed by atoms with Gasteiger partial charge >= 0.3 is 0 Å². The number of hydrogen-bond acceptors (Lipinski definition) is 10. The predicted octanol–water partition coefficient (Wildman–Crippen LogP) is 2.11. The number of nitrogens with zero attached hydrogens (tertiary/aromatic N) is 9. The van der Waals surface area contributed by atoms with E-state index in [-0.39, 0.29) is 12.2 Å². The van der Waals surface area contributed by atoms with E-state index in [1.165, 1.54) is 0 Å². The molecule has 4 aromatic rings. The van der Waals surface area contributed by atoms with Crippen molar-refractivity contribution in [3.05, 3.63) is 48.6 Å². The Morgan fingerprint density at radius 2 is 1.71 bits per heavy atom. The Balaban J connectivity index is 1.28. The molecule has 6 heterocycles. The lowest BCUT2D eigenvalue weighted by Crippen LogP contribution is -2.47. The Hall–Kier alpha value is -3.57. The lowest BCUT2D eigenvalue weighted by Gasteiger charge is -2.36. The lowest BCUT2D eigenvalue weighted by atomic mass is 10.2. The van der Waals surface area contributed by atoms with Crippen LogP contribution in [0.1, 0.15) is 19.4 Å². The number of anilines is 2. The second kappa shape index (κ2) is 9.23. The van der Waals surface area contributed by atoms with Crippen LogP contribution in [0.3, 0.4) is 0 Å². The van der Waals surface area contributed by atoms with Gasteiger partial charge in [0.2, 0.25) is 17.7 Å². The Labute approximate surface area is 203 Å². The summed E-state index contributed by atoms with van der Waals surface area (Å²) < 4.78 is 13.4. The van der Waals surface area contributed by atoms with Gasteiger partial charge in [0.25, 0.3) is 0 Å². The fourth-order valence-corrected chi connectivity index (χ4v) is 4.89. The highest BCUT2D eigenvalue weighted by Gasteiger charge is 2.27. The van der Waals surface area contributed by atoms with Crippen molar-refractivity contribution in [2.45, 2.75) is 32.6 Å². The standard InChI is InChI=1S/C24H29N9O2/c1-17-14-32(15-18(2)35-17)24-27-13-19(22-28-21(29-33(22)24)20-5-3-12-34-20)16-30-8-10-31(11-9-30)23-25-6-4-7-26-23/h3-7,12-13,17-18H,8-11,14-16H2,1-2H3. The Bertz CT molecular complexity index is 1260. The summed E-state index contributed by atoms with van der Waals surface area (Å²) in [5, 5.41) is 4.81. The first-order valence-electron chi connectivity index (χ1n) is 12.1. The van der Waals surface area contributed by atoms with Crippen LogP contribution in [0.2, 0.25) is 0 Å². The first-order valence-corrected chi connectivity index (χ1v) is 12.1. The first-order chi connectivity index (χ1) is 17.1. The highest BCUT2D eigenvalue weighted by atomic mass is 16.5. The van der Waals surface area contributed by atoms with Crippen LogP contribution in [0.4, 0.5) is 11.9 Å². The van der Waals surface area contributed by atoms with Crippen LogP contribution in [-0.2, 0) is 11.3 Å². The molecule has 2 atom stereocenters. The second-order valence-electron chi connectivity index (χ2n) is 9.21. The van der Waals surface area contributed by atoms with Gasteiger partial charge in [0.15, 0.2) is 11.4 Å². The number of furan rings is 1. The summed E-state index contributed by atoms with van der Waals surface area (Å²) in [6, 6.07) is 5.57. The molecule has 0 amide bonds. The lowest BCUT2D eigenvalue weighted by molar-refractivity contribution is -0.00584. The summed E-state index contributed by atoms with van der Waals surface area (Å²) in [7, 11) is 0. The van der Waals surface area contributed by atoms with Crippen molar-refractivity contribution >= 4 is 17.5 Å². The number of morpholine rings is 1. The number of fused-ring (bicyclic) bond motifs is 1. The van der Waals surface area contributed by atoms with Crippen molar-refractivity contribution in [3.63, 3.8) is 0 Å². The van der Waals surface area contributed by atoms with Crippen molar-refractivity contribution in [2.75, 3.05) is 49.1 Å². The molecule has 4 aromatic heterocycles. The molecule has 2 aliphatic heterocycles. The van der Waals surface area contributed by atoms with E-state index in [0.717, 1.165) is 68.9 Å². The SMILES string of the molecule is CC1CN(c2ncc(CN3CCN(c4ncccn4)CC3)c3nc(-c4ccco4)nn23)CC(C)O1. The maximum absolute atomic E-state index is 5.93. The van der Waals surface area contributed by atoms with Crippen LogP contribution in [-0.4, -0.2) is 85.9 Å². The van der Waals surface area contributed by atoms with Gasteiger partial charge in [0.05, 0.1) is 18.5 Å². The molecule has 2 fully saturated rings. The third-order valence-electron chi connectivity index (χ3n) is 6.46. The third kappa shape index (κ3) is 4.44. The van der Waals surface area contributed by atoms with Crippen molar-refractivity contribution < 1.29 is 9.15 Å². The Morgan fingerprint density at radius 1 is 0.943 bits per heavy atom. The zero-order valence-electron chi connectivity index (χ0n) is 20.0. The minimum Gasteiger partial charge on any atom is -0.461 e. The molecule has 182 valence electrons. The zero-order chi connectivity index (χ0) is 23.8. The maximum atomic E-state index is 5.93. The van der Waals surface area contributed by atoms with E-state index in [0.29, 0.717) is 11.6 Å². The second-order valence-corrected chi connectivity index (χ2v) is 9.21. The van der Waals surface area contributed by atoms with Crippen LogP contribution < -0.4 is 9.80 Å². The first kappa shape index (κ1) is 21.9. The average Bonchev–Trinajstić information content (AvgIpc) is 3.55. The number of aromatic nitrogens is 6. The molecule has 0 aliphatic carbocycles. The van der Waals surface area contributed by atoms with Gasteiger partial charge in [-0.1, -0.05) is 0 Å². The minimum atomic E-state index is 0.119. The van der Waals surface area contributed by atoms with Gasteiger partial charge in [0, 0.05) is 70.0 Å². The minimum absolute atomic E-state index is 0.119. The molecule has 0 N–H and O–H groups in total. The molecular formula is C24H29N9O2. The summed E-state index contributed by atoms with van der Waals surface area (Å²) in [6.07, 6.45) is 7.40. The topological polar surface area (TPSA) is 101 Å². The van der Waals surface area contributed by atoms with Gasteiger partial charge < -0.3 is 19.0 Å². The summed E-state index contributed by atoms with van der Waals surface area (Å²) in [4.78, 5) is 25.4. The molecule has 2 saturated heterocycles. The van der Waals surface area contributed by atoms with Crippen molar-refractivity contribution in [2.24, 2.45) is 0 Å². The molecule has 35 heavy (non-hydrogen) atoms. The van der Waals surface area contributed by atoms with Crippen LogP contribution in [0.5, 0.6) is 0 Å². The molecular weight excluding hydrogens is 446 g/mol. The normalized spacial score (nSPS) is 21.7. The Kier molecular flexibility index (Phi) is 5.78. The quantitative estimate of drug-likeness (QED) is 0.426. The van der Waals surface area contributed by atoms with Gasteiger partial charge in [-0.15, -0.1) is 5.10 Å². The van der Waals surface area contributed by atoms with Crippen LogP contribution in [0.25, 0.3) is 17.2 Å². The van der Waals surface area contributed by atoms with Gasteiger partial charge in [-0.25, -0.2) is 19.9 Å². The summed E-state index contributed by atoms with van der Waals surface area (Å²) in [5.41, 5.74) is 1.85. The Morgan fingerprint density at radius 3 is 2.43 bits per heavy atom. The van der Waals surface area contributed by atoms with Gasteiger partial charge in [-0.05, 0) is 32.0 Å². The van der Waals surface area contributed by atoms with E-state index in [9.17, 15) is 0 Å². The predicted molar refractivity (Wildman–Crippen MR) is 130 cm³/mol. The van der Waals surface area contributed by atoms with Crippen LogP contribution in [0, 0.1) is 0 Å². The van der Waals surface area contributed by atoms with Crippen molar-refractivity contribution in [1.82, 2.24) is 34.4 Å². The smallest absolute Gasteiger partial charge is 0.228 e. The summed E-state index contributed by atoms with van der Waals surface area (Å²) in [5.74, 6) is 2.77. The van der Waals surface area contributed by atoms with E-state index in [1.54, 1.807) is 18.7 Å². The molecule has 0 radical (unpaired) electrons. The highest BCUT2D eigenvalue weighted by Crippen LogP contribution is 2.25. The largest absolute Gasteiger partial charge is 0.461 e. The van der Waals surface area contributed by atoms with E-state index in [1.807, 2.05) is 28.9 Å². The fraction of sp³-hybridized carbons (Fsp3) is 0.458. The molecule has 6 rings (SSSR count). The summed E-state index contributed by atoms with van der Waals surface area (Å²) in [6.45, 7) is 9.99. The number of hydrogen-bond donors (Lipinski definition) is 0. The average molecular weight is 476 g/mol. The van der Waals surface area contributed by atoms with Gasteiger partial charge in [-0.3, -0.25) is 4.90 Å². The maximum Gasteiger partial charge on any atom is 0.228 e. The molecule has 2 unspecified atom stereocenters. The number of piperazine rings is 1. The molecule has 11 heteroatoms. The number of ether oxygens (including phenoxy) is 1. The van der Waals surface area contributed by atoms with Gasteiger partial charge in [0.1, 0.15) is 0 Å². The number of rotatable bonds is 5. The molecule has 11 nitrogen and oxygen atoms in total. The molecule has 0 saturated carbocycles. The van der Waals surface area contributed by atoms with Crippen LogP contribution >= 0.6 is 0 Å². The van der Waals surface area contributed by atoms with E-state index < -0.39 is 0 Å². The zero-order valence-corrected chi connectivity index (χ0v) is 20.0. The summed E-state index contributed by atoms with van der Waals surface area (Å²) >= 11 is 0. The molecule has 2 aliphatic rings. The molecule has 0 aromatic carbocycles. The highest BCUT2D eigenvalue weighted by molar-refractivity contribution is 5.58. The van der Waals surface area contributed by atoms with E-state index >= 15 is 0 Å². The van der Waals surface area contributed by atoms with Crippen LogP contribution in [0.15, 0.2) is 47.5 Å².